The molecule has 0 N–H and O–H groups in total. The third kappa shape index (κ3) is 6.41. The Morgan fingerprint density at radius 1 is 1.19 bits per heavy atom. The van der Waals surface area contributed by atoms with Gasteiger partial charge in [-0.1, -0.05) is 18.2 Å². The molecule has 2 aromatic carbocycles. The van der Waals surface area contributed by atoms with Crippen LogP contribution >= 0.6 is 0 Å². The number of hydrogen-bond acceptors (Lipinski definition) is 4. The third-order valence-electron chi connectivity index (χ3n) is 4.89. The van der Waals surface area contributed by atoms with Gasteiger partial charge in [0.1, 0.15) is 0 Å². The number of amides is 1. The maximum absolute atomic E-state index is 13.8. The Morgan fingerprint density at radius 2 is 2.00 bits per heavy atom. The van der Waals surface area contributed by atoms with Crippen LogP contribution in [0.5, 0.6) is 5.75 Å². The number of nitrogens with zero attached hydrogens (tertiary/aromatic N) is 1. The fourth-order valence-electron chi connectivity index (χ4n) is 3.30. The molecule has 1 atom stereocenters. The number of carbonyl (C=O) groups is 1. The molecule has 1 fully saturated rings. The molecule has 1 saturated heterocycles. The quantitative estimate of drug-likeness (QED) is 0.613. The van der Waals surface area contributed by atoms with Crippen LogP contribution in [0, 0.1) is 5.82 Å². The minimum atomic E-state index is -4.41. The average Bonchev–Trinajstić information content (AvgIpc) is 2.74. The largest absolute Gasteiger partial charge is 0.494 e. The third-order valence-corrected chi connectivity index (χ3v) is 4.89. The molecule has 1 aliphatic heterocycles. The molecule has 0 bridgehead atoms. The second-order valence-corrected chi connectivity index (χ2v) is 7.19. The molecule has 1 aliphatic rings. The predicted octanol–water partition coefficient (Wildman–Crippen LogP) is 3.84. The normalized spacial score (nSPS) is 16.9. The standard InChI is InChI=1S/C22H23F4NO4/c1-29-20-6-5-15(10-19(20)23)11-21(28)27-7-8-31-18(12-27)14-30-13-16-3-2-4-17(9-16)22(24,25)26/h2-6,9-10,18H,7-8,11-14H2,1H3. The summed E-state index contributed by atoms with van der Waals surface area (Å²) in [6.07, 6.45) is -4.76. The van der Waals surface area contributed by atoms with Crippen molar-refractivity contribution in [1.82, 2.24) is 4.90 Å². The molecule has 1 amide bonds. The van der Waals surface area contributed by atoms with Gasteiger partial charge in [-0.3, -0.25) is 4.79 Å². The first kappa shape index (κ1) is 23.0. The van der Waals surface area contributed by atoms with E-state index in [1.165, 1.54) is 25.3 Å². The summed E-state index contributed by atoms with van der Waals surface area (Å²) in [5.74, 6) is -0.591. The number of ether oxygens (including phenoxy) is 3. The van der Waals surface area contributed by atoms with Gasteiger partial charge in [-0.05, 0) is 35.4 Å². The van der Waals surface area contributed by atoms with Crippen molar-refractivity contribution in [3.05, 3.63) is 65.0 Å². The van der Waals surface area contributed by atoms with Gasteiger partial charge in [-0.25, -0.2) is 4.39 Å². The lowest BCUT2D eigenvalue weighted by Gasteiger charge is -2.33. The van der Waals surface area contributed by atoms with E-state index in [1.807, 2.05) is 0 Å². The summed E-state index contributed by atoms with van der Waals surface area (Å²) in [6.45, 7) is 1.15. The Balaban J connectivity index is 1.49. The van der Waals surface area contributed by atoms with Crippen molar-refractivity contribution >= 4 is 5.91 Å². The minimum Gasteiger partial charge on any atom is -0.494 e. The maximum Gasteiger partial charge on any atom is 0.416 e. The SMILES string of the molecule is COc1ccc(CC(=O)N2CCOC(COCc3cccc(C(F)(F)F)c3)C2)cc1F. The van der Waals surface area contributed by atoms with Gasteiger partial charge >= 0.3 is 6.18 Å². The lowest BCUT2D eigenvalue weighted by atomic mass is 10.1. The van der Waals surface area contributed by atoms with Crippen LogP contribution in [0.25, 0.3) is 0 Å². The zero-order valence-electron chi connectivity index (χ0n) is 17.0. The summed E-state index contributed by atoms with van der Waals surface area (Å²) in [6, 6.07) is 9.32. The summed E-state index contributed by atoms with van der Waals surface area (Å²) >= 11 is 0. The Morgan fingerprint density at radius 3 is 2.71 bits per heavy atom. The highest BCUT2D eigenvalue weighted by Gasteiger charge is 2.30. The highest BCUT2D eigenvalue weighted by molar-refractivity contribution is 5.79. The predicted molar refractivity (Wildman–Crippen MR) is 104 cm³/mol. The van der Waals surface area contributed by atoms with Gasteiger partial charge in [0, 0.05) is 13.1 Å². The van der Waals surface area contributed by atoms with Crippen LogP contribution in [-0.4, -0.2) is 50.3 Å². The highest BCUT2D eigenvalue weighted by Crippen LogP contribution is 2.29. The lowest BCUT2D eigenvalue weighted by Crippen LogP contribution is -2.47. The topological polar surface area (TPSA) is 48.0 Å². The molecule has 2 aromatic rings. The molecule has 3 rings (SSSR count). The van der Waals surface area contributed by atoms with Gasteiger partial charge in [-0.2, -0.15) is 13.2 Å². The molecular weight excluding hydrogens is 418 g/mol. The second kappa shape index (κ2) is 10.1. The van der Waals surface area contributed by atoms with Crippen molar-refractivity contribution < 1.29 is 36.6 Å². The van der Waals surface area contributed by atoms with E-state index in [0.29, 0.717) is 30.8 Å². The number of carbonyl (C=O) groups excluding carboxylic acids is 1. The van der Waals surface area contributed by atoms with Gasteiger partial charge in [-0.15, -0.1) is 0 Å². The average molecular weight is 441 g/mol. The maximum atomic E-state index is 13.8. The molecular formula is C22H23F4NO4. The molecule has 168 valence electrons. The number of morpholine rings is 1. The van der Waals surface area contributed by atoms with Crippen molar-refractivity contribution in [3.63, 3.8) is 0 Å². The van der Waals surface area contributed by atoms with E-state index in [1.54, 1.807) is 17.0 Å². The molecule has 0 aromatic heterocycles. The molecule has 9 heteroatoms. The van der Waals surface area contributed by atoms with Gasteiger partial charge in [0.2, 0.25) is 5.91 Å². The Hall–Kier alpha value is -2.65. The summed E-state index contributed by atoms with van der Waals surface area (Å²) in [7, 11) is 1.37. The molecule has 0 spiro atoms. The number of methoxy groups -OCH3 is 1. The molecule has 1 heterocycles. The van der Waals surface area contributed by atoms with Crippen molar-refractivity contribution in [2.75, 3.05) is 33.4 Å². The van der Waals surface area contributed by atoms with E-state index in [9.17, 15) is 22.4 Å². The summed E-state index contributed by atoms with van der Waals surface area (Å²) in [5, 5.41) is 0. The number of alkyl halides is 3. The molecule has 5 nitrogen and oxygen atoms in total. The van der Waals surface area contributed by atoms with Crippen LogP contribution in [0.15, 0.2) is 42.5 Å². The Kier molecular flexibility index (Phi) is 7.50. The first-order valence-electron chi connectivity index (χ1n) is 9.72. The Labute approximate surface area is 177 Å². The van der Waals surface area contributed by atoms with E-state index in [2.05, 4.69) is 0 Å². The van der Waals surface area contributed by atoms with Crippen molar-refractivity contribution in [2.24, 2.45) is 0 Å². The van der Waals surface area contributed by atoms with E-state index in [-0.39, 0.29) is 31.3 Å². The number of benzene rings is 2. The first-order chi connectivity index (χ1) is 14.8. The summed E-state index contributed by atoms with van der Waals surface area (Å²) in [5.41, 5.74) is 0.210. The zero-order valence-corrected chi connectivity index (χ0v) is 17.0. The van der Waals surface area contributed by atoms with Crippen LogP contribution < -0.4 is 4.74 Å². The molecule has 1 unspecified atom stereocenters. The number of rotatable bonds is 7. The van der Waals surface area contributed by atoms with Crippen LogP contribution in [0.2, 0.25) is 0 Å². The molecule has 0 radical (unpaired) electrons. The van der Waals surface area contributed by atoms with Crippen molar-refractivity contribution in [3.8, 4) is 5.75 Å². The first-order valence-corrected chi connectivity index (χ1v) is 9.72. The Bertz CT molecular complexity index is 903. The van der Waals surface area contributed by atoms with Gasteiger partial charge in [0.25, 0.3) is 0 Å². The molecule has 0 aliphatic carbocycles. The van der Waals surface area contributed by atoms with Crippen molar-refractivity contribution in [2.45, 2.75) is 25.3 Å². The molecule has 31 heavy (non-hydrogen) atoms. The van der Waals surface area contributed by atoms with Crippen LogP contribution in [0.1, 0.15) is 16.7 Å². The molecule has 0 saturated carbocycles. The van der Waals surface area contributed by atoms with Gasteiger partial charge < -0.3 is 19.1 Å². The van der Waals surface area contributed by atoms with E-state index in [4.69, 9.17) is 14.2 Å². The van der Waals surface area contributed by atoms with E-state index >= 15 is 0 Å². The fourth-order valence-corrected chi connectivity index (χ4v) is 3.30. The number of halogens is 4. The smallest absolute Gasteiger partial charge is 0.416 e. The second-order valence-electron chi connectivity index (χ2n) is 7.19. The lowest BCUT2D eigenvalue weighted by molar-refractivity contribution is -0.140. The van der Waals surface area contributed by atoms with Gasteiger partial charge in [0.05, 0.1) is 45.0 Å². The summed E-state index contributed by atoms with van der Waals surface area (Å²) in [4.78, 5) is 14.2. The van der Waals surface area contributed by atoms with E-state index < -0.39 is 23.7 Å². The van der Waals surface area contributed by atoms with Crippen LogP contribution in [0.4, 0.5) is 17.6 Å². The summed E-state index contributed by atoms with van der Waals surface area (Å²) < 4.78 is 68.2. The van der Waals surface area contributed by atoms with Crippen molar-refractivity contribution in [1.29, 1.82) is 0 Å². The minimum absolute atomic E-state index is 0.00283. The van der Waals surface area contributed by atoms with E-state index in [0.717, 1.165) is 12.1 Å². The zero-order chi connectivity index (χ0) is 22.4. The highest BCUT2D eigenvalue weighted by atomic mass is 19.4. The number of hydrogen-bond donors (Lipinski definition) is 0. The van der Waals surface area contributed by atoms with Gasteiger partial charge in [0.15, 0.2) is 11.6 Å². The van der Waals surface area contributed by atoms with Crippen LogP contribution in [-0.2, 0) is 33.5 Å². The monoisotopic (exact) mass is 441 g/mol. The fraction of sp³-hybridized carbons (Fsp3) is 0.409. The van der Waals surface area contributed by atoms with Crippen LogP contribution in [0.3, 0.4) is 0 Å².